The molecule has 0 bridgehead atoms. The summed E-state index contributed by atoms with van der Waals surface area (Å²) in [6.07, 6.45) is 2.47. The van der Waals surface area contributed by atoms with Crippen LogP contribution in [0.3, 0.4) is 0 Å². The second kappa shape index (κ2) is 6.50. The number of rotatable bonds is 4. The molecule has 2 nitrogen and oxygen atoms in total. The molecule has 1 aromatic carbocycles. The Hall–Kier alpha value is -0.640. The molecule has 0 radical (unpaired) electrons. The maximum Gasteiger partial charge on any atom is 0.123 e. The minimum atomic E-state index is -0.226. The van der Waals surface area contributed by atoms with Crippen LogP contribution in [0.15, 0.2) is 18.2 Å². The number of nitrogens with one attached hydrogen (secondary N) is 1. The van der Waals surface area contributed by atoms with Gasteiger partial charge in [0.2, 0.25) is 0 Å². The van der Waals surface area contributed by atoms with Crippen LogP contribution >= 0.6 is 11.6 Å². The van der Waals surface area contributed by atoms with Gasteiger partial charge in [0.25, 0.3) is 0 Å². The lowest BCUT2D eigenvalue weighted by Crippen LogP contribution is -2.34. The van der Waals surface area contributed by atoms with E-state index < -0.39 is 0 Å². The van der Waals surface area contributed by atoms with E-state index in [-0.39, 0.29) is 5.82 Å². The van der Waals surface area contributed by atoms with E-state index in [1.807, 2.05) is 0 Å². The molecule has 1 N–H and O–H groups in total. The summed E-state index contributed by atoms with van der Waals surface area (Å²) in [5, 5.41) is 4.02. The monoisotopic (exact) mass is 270 g/mol. The van der Waals surface area contributed by atoms with Crippen molar-refractivity contribution in [2.24, 2.45) is 5.92 Å². The SMILES string of the molecule is CN1CCC(CNCc2cc(F)ccc2Cl)CC1. The zero-order valence-electron chi connectivity index (χ0n) is 10.8. The molecule has 4 heteroatoms. The molecule has 0 saturated carbocycles. The van der Waals surface area contributed by atoms with Crippen LogP contribution < -0.4 is 5.32 Å². The normalized spacial score (nSPS) is 18.2. The number of hydrogen-bond donors (Lipinski definition) is 1. The minimum Gasteiger partial charge on any atom is -0.312 e. The van der Waals surface area contributed by atoms with Gasteiger partial charge in [-0.3, -0.25) is 0 Å². The van der Waals surface area contributed by atoms with Crippen molar-refractivity contribution in [2.45, 2.75) is 19.4 Å². The summed E-state index contributed by atoms with van der Waals surface area (Å²) < 4.78 is 13.1. The first-order chi connectivity index (χ1) is 8.65. The van der Waals surface area contributed by atoms with Gasteiger partial charge in [-0.2, -0.15) is 0 Å². The third-order valence-electron chi connectivity index (χ3n) is 3.59. The first-order valence-electron chi connectivity index (χ1n) is 6.48. The summed E-state index contributed by atoms with van der Waals surface area (Å²) in [6, 6.07) is 4.51. The quantitative estimate of drug-likeness (QED) is 0.905. The average molecular weight is 271 g/mol. The predicted molar refractivity (Wildman–Crippen MR) is 73.3 cm³/mol. The molecule has 0 aromatic heterocycles. The van der Waals surface area contributed by atoms with E-state index in [1.165, 1.54) is 38.1 Å². The highest BCUT2D eigenvalue weighted by Crippen LogP contribution is 2.18. The Bertz CT molecular complexity index is 389. The summed E-state index contributed by atoms with van der Waals surface area (Å²) in [5.74, 6) is 0.504. The summed E-state index contributed by atoms with van der Waals surface area (Å²) in [4.78, 5) is 2.36. The zero-order valence-corrected chi connectivity index (χ0v) is 11.5. The van der Waals surface area contributed by atoms with Gasteiger partial charge < -0.3 is 10.2 Å². The van der Waals surface area contributed by atoms with E-state index in [9.17, 15) is 4.39 Å². The highest BCUT2D eigenvalue weighted by molar-refractivity contribution is 6.31. The second-order valence-electron chi connectivity index (χ2n) is 5.11. The van der Waals surface area contributed by atoms with Crippen LogP contribution in [-0.4, -0.2) is 31.6 Å². The molecule has 0 atom stereocenters. The number of benzene rings is 1. The Morgan fingerprint density at radius 2 is 2.11 bits per heavy atom. The Kier molecular flexibility index (Phi) is 4.98. The molecule has 1 aliphatic heterocycles. The van der Waals surface area contributed by atoms with Gasteiger partial charge in [-0.1, -0.05) is 11.6 Å². The third kappa shape index (κ3) is 3.94. The van der Waals surface area contributed by atoms with Gasteiger partial charge in [-0.25, -0.2) is 4.39 Å². The molecule has 0 amide bonds. The van der Waals surface area contributed by atoms with Crippen molar-refractivity contribution in [3.8, 4) is 0 Å². The number of halogens is 2. The van der Waals surface area contributed by atoms with Crippen LogP contribution in [0.4, 0.5) is 4.39 Å². The van der Waals surface area contributed by atoms with Crippen molar-refractivity contribution in [3.63, 3.8) is 0 Å². The van der Waals surface area contributed by atoms with Gasteiger partial charge in [-0.15, -0.1) is 0 Å². The van der Waals surface area contributed by atoms with Gasteiger partial charge in [0.15, 0.2) is 0 Å². The minimum absolute atomic E-state index is 0.226. The van der Waals surface area contributed by atoms with E-state index in [2.05, 4.69) is 17.3 Å². The van der Waals surface area contributed by atoms with Crippen LogP contribution in [0.5, 0.6) is 0 Å². The van der Waals surface area contributed by atoms with Gasteiger partial charge in [0, 0.05) is 11.6 Å². The molecule has 1 aromatic rings. The molecule has 0 spiro atoms. The topological polar surface area (TPSA) is 15.3 Å². The van der Waals surface area contributed by atoms with E-state index in [0.717, 1.165) is 18.0 Å². The van der Waals surface area contributed by atoms with Gasteiger partial charge in [0.1, 0.15) is 5.82 Å². The molecular formula is C14H20ClFN2. The zero-order chi connectivity index (χ0) is 13.0. The fourth-order valence-electron chi connectivity index (χ4n) is 2.36. The average Bonchev–Trinajstić information content (AvgIpc) is 2.36. The Balaban J connectivity index is 1.76. The molecule has 1 fully saturated rings. The smallest absolute Gasteiger partial charge is 0.123 e. The summed E-state index contributed by atoms with van der Waals surface area (Å²) in [5.41, 5.74) is 0.838. The molecule has 100 valence electrons. The van der Waals surface area contributed by atoms with Crippen LogP contribution in [0.2, 0.25) is 5.02 Å². The first-order valence-corrected chi connectivity index (χ1v) is 6.86. The van der Waals surface area contributed by atoms with Crippen LogP contribution in [0.1, 0.15) is 18.4 Å². The molecular weight excluding hydrogens is 251 g/mol. The number of piperidine rings is 1. The lowest BCUT2D eigenvalue weighted by molar-refractivity contribution is 0.216. The largest absolute Gasteiger partial charge is 0.312 e. The summed E-state index contributed by atoms with van der Waals surface area (Å²) >= 11 is 6.02. The first kappa shape index (κ1) is 13.8. The van der Waals surface area contributed by atoms with Gasteiger partial charge >= 0.3 is 0 Å². The lowest BCUT2D eigenvalue weighted by atomic mass is 9.97. The number of likely N-dealkylation sites (tertiary alicyclic amines) is 1. The Morgan fingerprint density at radius 1 is 1.39 bits per heavy atom. The Labute approximate surface area is 113 Å². The van der Waals surface area contributed by atoms with Crippen molar-refractivity contribution in [1.29, 1.82) is 0 Å². The molecule has 18 heavy (non-hydrogen) atoms. The molecule has 2 rings (SSSR count). The highest BCUT2D eigenvalue weighted by Gasteiger charge is 2.16. The highest BCUT2D eigenvalue weighted by atomic mass is 35.5. The van der Waals surface area contributed by atoms with Gasteiger partial charge in [-0.05, 0) is 69.2 Å². The van der Waals surface area contributed by atoms with Crippen molar-refractivity contribution in [3.05, 3.63) is 34.6 Å². The van der Waals surface area contributed by atoms with E-state index in [1.54, 1.807) is 6.07 Å². The predicted octanol–water partition coefficient (Wildman–Crippen LogP) is 2.91. The van der Waals surface area contributed by atoms with Crippen LogP contribution in [0.25, 0.3) is 0 Å². The van der Waals surface area contributed by atoms with Gasteiger partial charge in [0.05, 0.1) is 0 Å². The van der Waals surface area contributed by atoms with Crippen LogP contribution in [0, 0.1) is 11.7 Å². The van der Waals surface area contributed by atoms with Crippen molar-refractivity contribution in [2.75, 3.05) is 26.7 Å². The summed E-state index contributed by atoms with van der Waals surface area (Å²) in [6.45, 7) is 3.98. The van der Waals surface area contributed by atoms with Crippen molar-refractivity contribution >= 4 is 11.6 Å². The lowest BCUT2D eigenvalue weighted by Gasteiger charge is -2.29. The maximum atomic E-state index is 13.1. The van der Waals surface area contributed by atoms with Crippen molar-refractivity contribution < 1.29 is 4.39 Å². The third-order valence-corrected chi connectivity index (χ3v) is 3.96. The molecule has 0 aliphatic carbocycles. The summed E-state index contributed by atoms with van der Waals surface area (Å²) in [7, 11) is 2.16. The molecule has 1 aliphatic rings. The fourth-order valence-corrected chi connectivity index (χ4v) is 2.54. The maximum absolute atomic E-state index is 13.1. The second-order valence-corrected chi connectivity index (χ2v) is 5.52. The number of nitrogens with zero attached hydrogens (tertiary/aromatic N) is 1. The molecule has 1 saturated heterocycles. The fraction of sp³-hybridized carbons (Fsp3) is 0.571. The Morgan fingerprint density at radius 3 is 2.83 bits per heavy atom. The van der Waals surface area contributed by atoms with Crippen LogP contribution in [-0.2, 0) is 6.54 Å². The molecule has 1 heterocycles. The van der Waals surface area contributed by atoms with E-state index in [4.69, 9.17) is 11.6 Å². The molecule has 0 unspecified atom stereocenters. The van der Waals surface area contributed by atoms with Crippen molar-refractivity contribution in [1.82, 2.24) is 10.2 Å². The van der Waals surface area contributed by atoms with E-state index >= 15 is 0 Å². The van der Waals surface area contributed by atoms with E-state index in [0.29, 0.717) is 11.6 Å². The number of hydrogen-bond acceptors (Lipinski definition) is 2. The standard InChI is InChI=1S/C14H20ClFN2/c1-18-6-4-11(5-7-18)9-17-10-12-8-13(16)2-3-14(12)15/h2-3,8,11,17H,4-7,9-10H2,1H3.